The Kier molecular flexibility index (Phi) is 4.41. The molecule has 1 N–H and O–H groups in total. The van der Waals surface area contributed by atoms with Gasteiger partial charge in [-0.15, -0.1) is 10.2 Å². The molecule has 0 saturated heterocycles. The van der Waals surface area contributed by atoms with Gasteiger partial charge in [-0.2, -0.15) is 4.80 Å². The van der Waals surface area contributed by atoms with E-state index in [1.165, 1.54) is 10.4 Å². The monoisotopic (exact) mass is 245 g/mol. The van der Waals surface area contributed by atoms with Crippen LogP contribution in [0.1, 0.15) is 17.8 Å². The molecule has 0 bridgehead atoms. The van der Waals surface area contributed by atoms with Gasteiger partial charge >= 0.3 is 0 Å². The molecule has 5 nitrogen and oxygen atoms in total. The van der Waals surface area contributed by atoms with E-state index in [1.807, 2.05) is 13.1 Å². The zero-order chi connectivity index (χ0) is 12.8. The highest BCUT2D eigenvalue weighted by Gasteiger charge is 2.11. The maximum absolute atomic E-state index is 4.21. The third-order valence-corrected chi connectivity index (χ3v) is 3.01. The van der Waals surface area contributed by atoms with E-state index < -0.39 is 0 Å². The van der Waals surface area contributed by atoms with Gasteiger partial charge in [0, 0.05) is 12.5 Å². The first-order valence-electron chi connectivity index (χ1n) is 6.22. The third-order valence-electron chi connectivity index (χ3n) is 3.01. The van der Waals surface area contributed by atoms with Crippen LogP contribution in [0.25, 0.3) is 0 Å². The molecule has 0 radical (unpaired) electrons. The summed E-state index contributed by atoms with van der Waals surface area (Å²) in [7, 11) is 3.76. The fraction of sp³-hybridized carbons (Fsp3) is 0.462. The van der Waals surface area contributed by atoms with Gasteiger partial charge in [0.25, 0.3) is 0 Å². The maximum Gasteiger partial charge on any atom is 0.176 e. The molecule has 96 valence electrons. The average Bonchev–Trinajstić information content (AvgIpc) is 2.81. The van der Waals surface area contributed by atoms with E-state index >= 15 is 0 Å². The fourth-order valence-electron chi connectivity index (χ4n) is 1.96. The van der Waals surface area contributed by atoms with Crippen molar-refractivity contribution in [2.24, 2.45) is 7.05 Å². The van der Waals surface area contributed by atoms with Gasteiger partial charge in [0.15, 0.2) is 5.82 Å². The normalized spacial score (nSPS) is 12.6. The molecule has 0 fully saturated rings. The molecule has 2 aromatic rings. The zero-order valence-electron chi connectivity index (χ0n) is 10.9. The quantitative estimate of drug-likeness (QED) is 0.824. The van der Waals surface area contributed by atoms with Gasteiger partial charge < -0.3 is 5.32 Å². The van der Waals surface area contributed by atoms with E-state index in [0.717, 1.165) is 25.1 Å². The van der Waals surface area contributed by atoms with E-state index in [-0.39, 0.29) is 0 Å². The molecule has 0 aliphatic heterocycles. The van der Waals surface area contributed by atoms with Gasteiger partial charge in [0.2, 0.25) is 0 Å². The van der Waals surface area contributed by atoms with Crippen LogP contribution in [0.3, 0.4) is 0 Å². The lowest BCUT2D eigenvalue weighted by molar-refractivity contribution is 0.507. The number of nitrogens with zero attached hydrogens (tertiary/aromatic N) is 4. The molecule has 1 atom stereocenters. The van der Waals surface area contributed by atoms with Crippen molar-refractivity contribution in [1.29, 1.82) is 0 Å². The minimum atomic E-state index is 0.384. The van der Waals surface area contributed by atoms with Crippen LogP contribution < -0.4 is 5.32 Å². The van der Waals surface area contributed by atoms with Crippen LogP contribution in [0.15, 0.2) is 30.3 Å². The number of hydrogen-bond acceptors (Lipinski definition) is 4. The maximum atomic E-state index is 4.21. The summed E-state index contributed by atoms with van der Waals surface area (Å²) in [5.41, 5.74) is 1.37. The summed E-state index contributed by atoms with van der Waals surface area (Å²) in [5.74, 6) is 0.796. The average molecular weight is 245 g/mol. The van der Waals surface area contributed by atoms with Gasteiger partial charge in [0.05, 0.1) is 7.05 Å². The molecule has 1 heterocycles. The smallest absolute Gasteiger partial charge is 0.176 e. The van der Waals surface area contributed by atoms with Gasteiger partial charge in [-0.3, -0.25) is 0 Å². The highest BCUT2D eigenvalue weighted by Crippen LogP contribution is 2.07. The molecule has 5 heteroatoms. The van der Waals surface area contributed by atoms with Crippen molar-refractivity contribution in [3.05, 3.63) is 41.7 Å². The standard InChI is InChI=1S/C13H19N5/c1-14-12(10-13-15-17-18(2)16-13)9-8-11-6-4-3-5-7-11/h3-7,12,14H,8-10H2,1-2H3. The lowest BCUT2D eigenvalue weighted by Crippen LogP contribution is -2.28. The Morgan fingerprint density at radius 3 is 2.67 bits per heavy atom. The Morgan fingerprint density at radius 2 is 2.06 bits per heavy atom. The first kappa shape index (κ1) is 12.7. The SMILES string of the molecule is CNC(CCc1ccccc1)Cc1nnn(C)n1. The number of likely N-dealkylation sites (N-methyl/N-ethyl adjacent to an activating group) is 1. The van der Waals surface area contributed by atoms with Crippen LogP contribution >= 0.6 is 0 Å². The van der Waals surface area contributed by atoms with E-state index in [2.05, 4.69) is 45.0 Å². The van der Waals surface area contributed by atoms with Crippen molar-refractivity contribution in [3.63, 3.8) is 0 Å². The molecule has 1 aromatic heterocycles. The van der Waals surface area contributed by atoms with Crippen LogP contribution in [0.5, 0.6) is 0 Å². The Morgan fingerprint density at radius 1 is 1.28 bits per heavy atom. The summed E-state index contributed by atoms with van der Waals surface area (Å²) in [6.45, 7) is 0. The van der Waals surface area contributed by atoms with E-state index in [4.69, 9.17) is 0 Å². The van der Waals surface area contributed by atoms with Crippen molar-refractivity contribution in [1.82, 2.24) is 25.5 Å². The summed E-state index contributed by atoms with van der Waals surface area (Å²) in [4.78, 5) is 1.50. The Hall–Kier alpha value is -1.75. The van der Waals surface area contributed by atoms with Crippen molar-refractivity contribution in [3.8, 4) is 0 Å². The summed E-state index contributed by atoms with van der Waals surface area (Å²) < 4.78 is 0. The van der Waals surface area contributed by atoms with Crippen LogP contribution in [0, 0.1) is 0 Å². The number of rotatable bonds is 6. The van der Waals surface area contributed by atoms with Crippen molar-refractivity contribution in [2.75, 3.05) is 7.05 Å². The van der Waals surface area contributed by atoms with Gasteiger partial charge in [-0.05, 0) is 30.7 Å². The van der Waals surface area contributed by atoms with Crippen LogP contribution in [-0.4, -0.2) is 33.3 Å². The van der Waals surface area contributed by atoms with E-state index in [1.54, 1.807) is 7.05 Å². The summed E-state index contributed by atoms with van der Waals surface area (Å²) >= 11 is 0. The van der Waals surface area contributed by atoms with Gasteiger partial charge in [-0.1, -0.05) is 30.3 Å². The lowest BCUT2D eigenvalue weighted by Gasteiger charge is -2.13. The number of hydrogen-bond donors (Lipinski definition) is 1. The number of benzene rings is 1. The topological polar surface area (TPSA) is 55.6 Å². The second-order valence-corrected chi connectivity index (χ2v) is 4.41. The number of aryl methyl sites for hydroxylation is 2. The fourth-order valence-corrected chi connectivity index (χ4v) is 1.96. The minimum absolute atomic E-state index is 0.384. The molecule has 0 aliphatic carbocycles. The molecular weight excluding hydrogens is 226 g/mol. The molecule has 18 heavy (non-hydrogen) atoms. The Bertz CT molecular complexity index is 465. The first-order valence-corrected chi connectivity index (χ1v) is 6.22. The molecule has 0 spiro atoms. The van der Waals surface area contributed by atoms with Crippen molar-refractivity contribution in [2.45, 2.75) is 25.3 Å². The number of aromatic nitrogens is 4. The van der Waals surface area contributed by atoms with E-state index in [0.29, 0.717) is 6.04 Å². The largest absolute Gasteiger partial charge is 0.317 e. The molecule has 0 aliphatic rings. The lowest BCUT2D eigenvalue weighted by atomic mass is 10.0. The molecule has 0 saturated carbocycles. The van der Waals surface area contributed by atoms with Crippen LogP contribution in [-0.2, 0) is 19.9 Å². The molecular formula is C13H19N5. The second-order valence-electron chi connectivity index (χ2n) is 4.41. The second kappa shape index (κ2) is 6.26. The Labute approximate surface area is 107 Å². The summed E-state index contributed by atoms with van der Waals surface area (Å²) in [6, 6.07) is 10.9. The summed E-state index contributed by atoms with van der Waals surface area (Å²) in [6.07, 6.45) is 2.95. The first-order chi connectivity index (χ1) is 8.78. The predicted octanol–water partition coefficient (Wildman–Crippen LogP) is 0.973. The highest BCUT2D eigenvalue weighted by molar-refractivity contribution is 5.14. The van der Waals surface area contributed by atoms with Crippen LogP contribution in [0.2, 0.25) is 0 Å². The predicted molar refractivity (Wildman–Crippen MR) is 70.1 cm³/mol. The van der Waals surface area contributed by atoms with Gasteiger partial charge in [0.1, 0.15) is 0 Å². The third kappa shape index (κ3) is 3.63. The van der Waals surface area contributed by atoms with Crippen molar-refractivity contribution >= 4 is 0 Å². The molecule has 0 amide bonds. The summed E-state index contributed by atoms with van der Waals surface area (Å²) in [5, 5.41) is 15.4. The molecule has 1 aromatic carbocycles. The number of nitrogens with one attached hydrogen (secondary N) is 1. The molecule has 2 rings (SSSR count). The Balaban J connectivity index is 1.86. The highest BCUT2D eigenvalue weighted by atomic mass is 15.6. The van der Waals surface area contributed by atoms with Gasteiger partial charge in [-0.25, -0.2) is 0 Å². The van der Waals surface area contributed by atoms with E-state index in [9.17, 15) is 0 Å². The number of tetrazole rings is 1. The molecule has 1 unspecified atom stereocenters. The minimum Gasteiger partial charge on any atom is -0.317 e. The van der Waals surface area contributed by atoms with Crippen LogP contribution in [0.4, 0.5) is 0 Å². The van der Waals surface area contributed by atoms with Crippen molar-refractivity contribution < 1.29 is 0 Å². The zero-order valence-corrected chi connectivity index (χ0v) is 10.9.